The number of benzene rings is 2. The zero-order valence-corrected chi connectivity index (χ0v) is 17.4. The lowest BCUT2D eigenvalue weighted by Gasteiger charge is -1.95. The van der Waals surface area contributed by atoms with E-state index in [2.05, 4.69) is 0 Å². The molecule has 0 radical (unpaired) electrons. The first kappa shape index (κ1) is 26.9. The molecule has 6 nitrogen and oxygen atoms in total. The van der Waals surface area contributed by atoms with Crippen molar-refractivity contribution < 1.29 is 30.0 Å². The van der Waals surface area contributed by atoms with Crippen molar-refractivity contribution in [3.63, 3.8) is 0 Å². The lowest BCUT2D eigenvalue weighted by molar-refractivity contribution is 0.0686. The van der Waals surface area contributed by atoms with Gasteiger partial charge in [0.2, 0.25) is 0 Å². The number of carbonyl (C=O) groups is 2. The summed E-state index contributed by atoms with van der Waals surface area (Å²) in [7, 11) is 0. The van der Waals surface area contributed by atoms with E-state index >= 15 is 0 Å². The van der Waals surface area contributed by atoms with Gasteiger partial charge in [0.05, 0.1) is 11.1 Å². The standard InChI is InChI=1S/2C7H5ClO2.C7H16O2/c2*8-6-3-1-5(2-4-6)7(9)10;8-6-4-2-1-3-5-7-9/h2*1-4H,(H,9,10);8-9H,1-7H2. The maximum Gasteiger partial charge on any atom is 0.335 e. The molecule has 29 heavy (non-hydrogen) atoms. The van der Waals surface area contributed by atoms with E-state index in [-0.39, 0.29) is 11.1 Å². The van der Waals surface area contributed by atoms with Crippen molar-refractivity contribution in [2.24, 2.45) is 0 Å². The van der Waals surface area contributed by atoms with Gasteiger partial charge < -0.3 is 20.4 Å². The summed E-state index contributed by atoms with van der Waals surface area (Å²) in [5, 5.41) is 34.7. The van der Waals surface area contributed by atoms with E-state index in [4.69, 9.17) is 43.6 Å². The molecule has 0 aromatic heterocycles. The molecular weight excluding hydrogens is 419 g/mol. The van der Waals surface area contributed by atoms with Crippen LogP contribution in [0, 0.1) is 0 Å². The Balaban J connectivity index is 0.000000407. The topological polar surface area (TPSA) is 115 Å². The molecule has 0 saturated heterocycles. The number of carboxylic acids is 2. The van der Waals surface area contributed by atoms with Gasteiger partial charge in [-0.05, 0) is 61.4 Å². The minimum atomic E-state index is -0.934. The summed E-state index contributed by atoms with van der Waals surface area (Å²) < 4.78 is 0. The highest BCUT2D eigenvalue weighted by Gasteiger charge is 2.00. The van der Waals surface area contributed by atoms with Crippen LogP contribution in [-0.4, -0.2) is 45.6 Å². The molecule has 0 spiro atoms. The fourth-order valence-electron chi connectivity index (χ4n) is 1.94. The molecule has 4 N–H and O–H groups in total. The Hall–Kier alpha value is -2.12. The van der Waals surface area contributed by atoms with E-state index in [1.165, 1.54) is 24.3 Å². The molecule has 0 heterocycles. The molecule has 0 atom stereocenters. The van der Waals surface area contributed by atoms with Gasteiger partial charge >= 0.3 is 11.9 Å². The van der Waals surface area contributed by atoms with Crippen LogP contribution >= 0.6 is 23.2 Å². The van der Waals surface area contributed by atoms with Crippen molar-refractivity contribution in [1.29, 1.82) is 0 Å². The van der Waals surface area contributed by atoms with Gasteiger partial charge in [-0.15, -0.1) is 0 Å². The summed E-state index contributed by atoms with van der Waals surface area (Å²) in [6, 6.07) is 12.0. The third kappa shape index (κ3) is 14.5. The number of rotatable bonds is 8. The van der Waals surface area contributed by atoms with Crippen molar-refractivity contribution in [2.45, 2.75) is 32.1 Å². The quantitative estimate of drug-likeness (QED) is 0.425. The Kier molecular flexibility index (Phi) is 15.6. The van der Waals surface area contributed by atoms with E-state index in [0.29, 0.717) is 23.3 Å². The predicted molar refractivity (Wildman–Crippen MR) is 114 cm³/mol. The molecular formula is C21H26Cl2O6. The van der Waals surface area contributed by atoms with Crippen LogP contribution < -0.4 is 0 Å². The smallest absolute Gasteiger partial charge is 0.335 e. The normalized spacial score (nSPS) is 9.52. The molecule has 0 aliphatic heterocycles. The number of aliphatic hydroxyl groups is 2. The first-order valence-electron chi connectivity index (χ1n) is 9.01. The van der Waals surface area contributed by atoms with E-state index in [1.54, 1.807) is 24.3 Å². The molecule has 2 aromatic carbocycles. The molecule has 2 aromatic rings. The molecule has 0 saturated carbocycles. The van der Waals surface area contributed by atoms with Crippen LogP contribution in [0.15, 0.2) is 48.5 Å². The molecule has 8 heteroatoms. The van der Waals surface area contributed by atoms with E-state index in [9.17, 15) is 9.59 Å². The minimum absolute atomic E-state index is 0.254. The largest absolute Gasteiger partial charge is 0.478 e. The number of carboxylic acid groups (broad SMARTS) is 2. The number of hydrogen-bond donors (Lipinski definition) is 4. The van der Waals surface area contributed by atoms with Gasteiger partial charge in [-0.25, -0.2) is 9.59 Å². The molecule has 0 amide bonds. The fraction of sp³-hybridized carbons (Fsp3) is 0.333. The third-order valence-electron chi connectivity index (χ3n) is 3.50. The first-order valence-corrected chi connectivity index (χ1v) is 9.76. The number of hydrogen-bond acceptors (Lipinski definition) is 4. The first-order chi connectivity index (χ1) is 13.8. The monoisotopic (exact) mass is 444 g/mol. The van der Waals surface area contributed by atoms with Crippen LogP contribution in [0.5, 0.6) is 0 Å². The van der Waals surface area contributed by atoms with Gasteiger partial charge in [-0.1, -0.05) is 42.5 Å². The Morgan fingerprint density at radius 2 is 0.862 bits per heavy atom. The van der Waals surface area contributed by atoms with Gasteiger partial charge in [0, 0.05) is 23.3 Å². The SMILES string of the molecule is O=C(O)c1ccc(Cl)cc1.O=C(O)c1ccc(Cl)cc1.OCCCCCCCO. The highest BCUT2D eigenvalue weighted by molar-refractivity contribution is 6.30. The second kappa shape index (κ2) is 16.8. The van der Waals surface area contributed by atoms with Gasteiger partial charge in [0.1, 0.15) is 0 Å². The summed E-state index contributed by atoms with van der Waals surface area (Å²) in [6.07, 6.45) is 5.14. The van der Waals surface area contributed by atoms with Crippen molar-refractivity contribution in [1.82, 2.24) is 0 Å². The highest BCUT2D eigenvalue weighted by atomic mass is 35.5. The predicted octanol–water partition coefficient (Wildman–Crippen LogP) is 5.00. The maximum atomic E-state index is 10.3. The zero-order valence-electron chi connectivity index (χ0n) is 15.9. The summed E-state index contributed by atoms with van der Waals surface area (Å²) in [4.78, 5) is 20.5. The molecule has 2 rings (SSSR count). The maximum absolute atomic E-state index is 10.3. The molecule has 0 bridgehead atoms. The van der Waals surface area contributed by atoms with Gasteiger partial charge in [-0.2, -0.15) is 0 Å². The van der Waals surface area contributed by atoms with Crippen LogP contribution in [0.2, 0.25) is 10.0 Å². The average molecular weight is 445 g/mol. The van der Waals surface area contributed by atoms with E-state index in [0.717, 1.165) is 32.1 Å². The number of unbranched alkanes of at least 4 members (excludes halogenated alkanes) is 4. The van der Waals surface area contributed by atoms with E-state index < -0.39 is 11.9 Å². The van der Waals surface area contributed by atoms with Crippen molar-refractivity contribution in [3.05, 3.63) is 69.7 Å². The summed E-state index contributed by atoms with van der Waals surface area (Å²) >= 11 is 11.0. The summed E-state index contributed by atoms with van der Waals surface area (Å²) in [5.74, 6) is -1.87. The minimum Gasteiger partial charge on any atom is -0.478 e. The van der Waals surface area contributed by atoms with Crippen molar-refractivity contribution in [3.8, 4) is 0 Å². The second-order valence-electron chi connectivity index (χ2n) is 5.84. The van der Waals surface area contributed by atoms with Gasteiger partial charge in [-0.3, -0.25) is 0 Å². The third-order valence-corrected chi connectivity index (χ3v) is 4.00. The van der Waals surface area contributed by atoms with Gasteiger partial charge in [0.15, 0.2) is 0 Å². The van der Waals surface area contributed by atoms with Gasteiger partial charge in [0.25, 0.3) is 0 Å². The van der Waals surface area contributed by atoms with Crippen LogP contribution in [0.3, 0.4) is 0 Å². The van der Waals surface area contributed by atoms with Crippen LogP contribution in [0.25, 0.3) is 0 Å². The Labute approximate surface area is 180 Å². The second-order valence-corrected chi connectivity index (χ2v) is 6.71. The van der Waals surface area contributed by atoms with Crippen LogP contribution in [0.1, 0.15) is 52.8 Å². The molecule has 0 aliphatic carbocycles. The molecule has 0 fully saturated rings. The number of aliphatic hydroxyl groups excluding tert-OH is 2. The van der Waals surface area contributed by atoms with Crippen molar-refractivity contribution in [2.75, 3.05) is 13.2 Å². The summed E-state index contributed by atoms with van der Waals surface area (Å²) in [5.41, 5.74) is 0.508. The molecule has 0 aliphatic rings. The number of aromatic carboxylic acids is 2. The van der Waals surface area contributed by atoms with Crippen LogP contribution in [0.4, 0.5) is 0 Å². The fourth-order valence-corrected chi connectivity index (χ4v) is 2.19. The highest BCUT2D eigenvalue weighted by Crippen LogP contribution is 2.09. The Morgan fingerprint density at radius 1 is 0.586 bits per heavy atom. The van der Waals surface area contributed by atoms with Crippen LogP contribution in [-0.2, 0) is 0 Å². The number of halogens is 2. The zero-order chi connectivity index (χ0) is 22.1. The molecule has 160 valence electrons. The summed E-state index contributed by atoms with van der Waals surface area (Å²) in [6.45, 7) is 0.609. The van der Waals surface area contributed by atoms with Crippen molar-refractivity contribution >= 4 is 35.1 Å². The lowest BCUT2D eigenvalue weighted by Crippen LogP contribution is -1.94. The Bertz CT molecular complexity index is 641. The molecule has 0 unspecified atom stereocenters. The van der Waals surface area contributed by atoms with E-state index in [1.807, 2.05) is 0 Å². The average Bonchev–Trinajstić information content (AvgIpc) is 2.69. The lowest BCUT2D eigenvalue weighted by atomic mass is 10.2. The Morgan fingerprint density at radius 3 is 1.10 bits per heavy atom.